The summed E-state index contributed by atoms with van der Waals surface area (Å²) in [7, 11) is 0. The van der Waals surface area contributed by atoms with Gasteiger partial charge >= 0.3 is 5.97 Å². The maximum absolute atomic E-state index is 12.9. The standard InChI is InChI=1S/C21H24N4O5S2/c1-5-17-23-24-20(32-17)22-21-25(6-2)18(26)16(31-21)11-13-8-9-14(15(10-13)29-7-3)30-12(4)19(27)28/h8-12H,5-7H2,1-4H3,(H,27,28)/b16-11+,22-21+. The summed E-state index contributed by atoms with van der Waals surface area (Å²) in [5.41, 5.74) is 0.723. The van der Waals surface area contributed by atoms with Crippen LogP contribution in [0.15, 0.2) is 28.1 Å². The van der Waals surface area contributed by atoms with E-state index in [2.05, 4.69) is 15.2 Å². The molecule has 2 aromatic rings. The van der Waals surface area contributed by atoms with Gasteiger partial charge in [-0.25, -0.2) is 4.79 Å². The maximum atomic E-state index is 12.9. The Morgan fingerprint density at radius 3 is 2.69 bits per heavy atom. The molecule has 1 aromatic heterocycles. The lowest BCUT2D eigenvalue weighted by molar-refractivity contribution is -0.144. The fourth-order valence-corrected chi connectivity index (χ4v) is 4.51. The highest BCUT2D eigenvalue weighted by molar-refractivity contribution is 8.18. The largest absolute Gasteiger partial charge is 0.490 e. The van der Waals surface area contributed by atoms with Crippen molar-refractivity contribution in [1.29, 1.82) is 0 Å². The van der Waals surface area contributed by atoms with Gasteiger partial charge in [0.25, 0.3) is 5.91 Å². The molecule has 1 N–H and O–H groups in total. The zero-order valence-corrected chi connectivity index (χ0v) is 19.8. The average molecular weight is 477 g/mol. The molecule has 1 aliphatic rings. The van der Waals surface area contributed by atoms with Crippen LogP contribution >= 0.6 is 23.1 Å². The summed E-state index contributed by atoms with van der Waals surface area (Å²) in [5.74, 6) is -0.476. The first-order chi connectivity index (χ1) is 15.4. The van der Waals surface area contributed by atoms with E-state index in [1.165, 1.54) is 30.0 Å². The molecular formula is C21H24N4O5S2. The van der Waals surface area contributed by atoms with Crippen LogP contribution in [-0.4, -0.2) is 56.5 Å². The van der Waals surface area contributed by atoms with Crippen LogP contribution in [0.3, 0.4) is 0 Å². The van der Waals surface area contributed by atoms with Crippen molar-refractivity contribution in [2.75, 3.05) is 13.2 Å². The molecule has 1 aromatic carbocycles. The van der Waals surface area contributed by atoms with Crippen molar-refractivity contribution in [2.24, 2.45) is 4.99 Å². The second kappa shape index (κ2) is 10.6. The molecule has 2 heterocycles. The Morgan fingerprint density at radius 2 is 2.06 bits per heavy atom. The number of carbonyl (C=O) groups is 2. The third-order valence-electron chi connectivity index (χ3n) is 4.37. The molecular weight excluding hydrogens is 452 g/mol. The number of hydrogen-bond donors (Lipinski definition) is 1. The lowest BCUT2D eigenvalue weighted by Crippen LogP contribution is -2.28. The molecule has 0 aliphatic carbocycles. The van der Waals surface area contributed by atoms with Crippen LogP contribution < -0.4 is 9.47 Å². The van der Waals surface area contributed by atoms with Gasteiger partial charge < -0.3 is 14.6 Å². The Morgan fingerprint density at radius 1 is 1.28 bits per heavy atom. The number of carbonyl (C=O) groups excluding carboxylic acids is 1. The van der Waals surface area contributed by atoms with Crippen molar-refractivity contribution < 1.29 is 24.2 Å². The van der Waals surface area contributed by atoms with E-state index in [0.29, 0.717) is 39.9 Å². The van der Waals surface area contributed by atoms with Crippen LogP contribution in [0.25, 0.3) is 6.08 Å². The highest BCUT2D eigenvalue weighted by Gasteiger charge is 2.32. The average Bonchev–Trinajstić information content (AvgIpc) is 3.34. The van der Waals surface area contributed by atoms with Crippen LogP contribution in [0.4, 0.5) is 5.13 Å². The molecule has 1 fully saturated rings. The number of thioether (sulfide) groups is 1. The zero-order chi connectivity index (χ0) is 23.3. The Kier molecular flexibility index (Phi) is 7.86. The third-order valence-corrected chi connectivity index (χ3v) is 6.34. The number of aliphatic imine (C=N–C) groups is 1. The van der Waals surface area contributed by atoms with E-state index >= 15 is 0 Å². The second-order valence-electron chi connectivity index (χ2n) is 6.62. The van der Waals surface area contributed by atoms with Gasteiger partial charge in [0.1, 0.15) is 5.01 Å². The van der Waals surface area contributed by atoms with E-state index in [4.69, 9.17) is 14.6 Å². The van der Waals surface area contributed by atoms with Crippen molar-refractivity contribution in [1.82, 2.24) is 15.1 Å². The number of carboxylic acids is 1. The summed E-state index contributed by atoms with van der Waals surface area (Å²) in [6.45, 7) is 8.02. The minimum Gasteiger partial charge on any atom is -0.490 e. The molecule has 1 amide bonds. The SMILES string of the molecule is CCOc1cc(/C=C2/S/C(=N/c3nnc(CC)s3)N(CC)C2=O)ccc1OC(C)C(=O)O. The quantitative estimate of drug-likeness (QED) is 0.541. The predicted octanol–water partition coefficient (Wildman–Crippen LogP) is 3.98. The molecule has 1 atom stereocenters. The number of amidine groups is 1. The van der Waals surface area contributed by atoms with E-state index in [1.807, 2.05) is 20.8 Å². The normalized spacial score (nSPS) is 17.2. The minimum atomic E-state index is -1.07. The first-order valence-electron chi connectivity index (χ1n) is 10.1. The first-order valence-corrected chi connectivity index (χ1v) is 11.8. The molecule has 32 heavy (non-hydrogen) atoms. The molecule has 1 unspecified atom stereocenters. The van der Waals surface area contributed by atoms with Crippen LogP contribution in [0, 0.1) is 0 Å². The number of aryl methyl sites for hydroxylation is 1. The second-order valence-corrected chi connectivity index (χ2v) is 8.67. The number of rotatable bonds is 9. The topological polar surface area (TPSA) is 114 Å². The lowest BCUT2D eigenvalue weighted by Gasteiger charge is -2.15. The first kappa shape index (κ1) is 23.7. The fourth-order valence-electron chi connectivity index (χ4n) is 2.76. The Hall–Kier alpha value is -2.92. The van der Waals surface area contributed by atoms with E-state index in [9.17, 15) is 9.59 Å². The Balaban J connectivity index is 1.88. The molecule has 11 heteroatoms. The van der Waals surface area contributed by atoms with Gasteiger partial charge in [0.2, 0.25) is 5.13 Å². The van der Waals surface area contributed by atoms with Crippen LogP contribution in [-0.2, 0) is 16.0 Å². The molecule has 9 nitrogen and oxygen atoms in total. The number of benzene rings is 1. The molecule has 0 saturated carbocycles. The maximum Gasteiger partial charge on any atom is 0.344 e. The number of likely N-dealkylation sites (N-methyl/N-ethyl adjacent to an activating group) is 1. The fraction of sp³-hybridized carbons (Fsp3) is 0.381. The van der Waals surface area contributed by atoms with Gasteiger partial charge in [-0.05, 0) is 62.7 Å². The number of aliphatic carboxylic acids is 1. The Labute approximate surface area is 194 Å². The predicted molar refractivity (Wildman–Crippen MR) is 125 cm³/mol. The van der Waals surface area contributed by atoms with Crippen LogP contribution in [0.2, 0.25) is 0 Å². The lowest BCUT2D eigenvalue weighted by atomic mass is 10.1. The van der Waals surface area contributed by atoms with Crippen LogP contribution in [0.1, 0.15) is 38.3 Å². The van der Waals surface area contributed by atoms with E-state index < -0.39 is 12.1 Å². The van der Waals surface area contributed by atoms with Gasteiger partial charge in [-0.2, -0.15) is 4.99 Å². The smallest absolute Gasteiger partial charge is 0.344 e. The van der Waals surface area contributed by atoms with Gasteiger partial charge in [-0.1, -0.05) is 24.3 Å². The summed E-state index contributed by atoms with van der Waals surface area (Å²) in [4.78, 5) is 30.6. The number of amides is 1. The van der Waals surface area contributed by atoms with Gasteiger partial charge in [0.15, 0.2) is 22.8 Å². The van der Waals surface area contributed by atoms with E-state index in [-0.39, 0.29) is 5.91 Å². The van der Waals surface area contributed by atoms with Crippen molar-refractivity contribution in [3.8, 4) is 11.5 Å². The molecule has 0 radical (unpaired) electrons. The van der Waals surface area contributed by atoms with Gasteiger partial charge in [-0.15, -0.1) is 10.2 Å². The zero-order valence-electron chi connectivity index (χ0n) is 18.2. The van der Waals surface area contributed by atoms with Crippen molar-refractivity contribution in [3.63, 3.8) is 0 Å². The Bertz CT molecular complexity index is 1070. The number of aromatic nitrogens is 2. The van der Waals surface area contributed by atoms with E-state index in [0.717, 1.165) is 17.0 Å². The molecule has 170 valence electrons. The number of ether oxygens (including phenoxy) is 2. The van der Waals surface area contributed by atoms with Crippen molar-refractivity contribution >= 4 is 51.4 Å². The molecule has 0 spiro atoms. The van der Waals surface area contributed by atoms with Gasteiger partial charge in [0.05, 0.1) is 11.5 Å². The third kappa shape index (κ3) is 5.46. The number of carboxylic acid groups (broad SMARTS) is 1. The summed E-state index contributed by atoms with van der Waals surface area (Å²) in [5, 5.41) is 19.2. The van der Waals surface area contributed by atoms with Gasteiger partial charge in [-0.3, -0.25) is 9.69 Å². The summed E-state index contributed by atoms with van der Waals surface area (Å²) >= 11 is 2.67. The van der Waals surface area contributed by atoms with E-state index in [1.54, 1.807) is 29.2 Å². The summed E-state index contributed by atoms with van der Waals surface area (Å²) in [6.07, 6.45) is 1.52. The molecule has 1 aliphatic heterocycles. The molecule has 3 rings (SSSR count). The monoisotopic (exact) mass is 476 g/mol. The highest BCUT2D eigenvalue weighted by atomic mass is 32.2. The molecule has 0 bridgehead atoms. The summed E-state index contributed by atoms with van der Waals surface area (Å²) in [6, 6.07) is 5.11. The number of nitrogens with zero attached hydrogens (tertiary/aromatic N) is 4. The van der Waals surface area contributed by atoms with Gasteiger partial charge in [0, 0.05) is 6.54 Å². The highest BCUT2D eigenvalue weighted by Crippen LogP contribution is 2.36. The van der Waals surface area contributed by atoms with Crippen molar-refractivity contribution in [2.45, 2.75) is 40.2 Å². The summed E-state index contributed by atoms with van der Waals surface area (Å²) < 4.78 is 11.1. The number of hydrogen-bond acceptors (Lipinski definition) is 9. The van der Waals surface area contributed by atoms with Crippen LogP contribution in [0.5, 0.6) is 11.5 Å². The van der Waals surface area contributed by atoms with Crippen molar-refractivity contribution in [3.05, 3.63) is 33.7 Å². The molecule has 1 saturated heterocycles. The minimum absolute atomic E-state index is 0.144.